The highest BCUT2D eigenvalue weighted by Gasteiger charge is 2.33. The molecule has 0 spiro atoms. The standard InChI is InChI=1S/C10H12F3N3/c11-10(12,13)8-4-5-9(15-14-8)16-6-2-1-3-7-16/h4-5H,1-3,6-7H2. The number of hydrogen-bond donors (Lipinski definition) is 0. The molecule has 3 nitrogen and oxygen atoms in total. The highest BCUT2D eigenvalue weighted by Crippen LogP contribution is 2.27. The molecule has 0 aromatic carbocycles. The molecule has 0 atom stereocenters. The van der Waals surface area contributed by atoms with E-state index < -0.39 is 11.9 Å². The lowest BCUT2D eigenvalue weighted by Gasteiger charge is -2.27. The van der Waals surface area contributed by atoms with Crippen LogP contribution in [0.25, 0.3) is 0 Å². The van der Waals surface area contributed by atoms with Gasteiger partial charge in [0.1, 0.15) is 0 Å². The average Bonchev–Trinajstić information content (AvgIpc) is 2.29. The van der Waals surface area contributed by atoms with Crippen molar-refractivity contribution in [2.45, 2.75) is 25.4 Å². The molecule has 1 saturated heterocycles. The minimum atomic E-state index is -4.41. The maximum atomic E-state index is 12.2. The summed E-state index contributed by atoms with van der Waals surface area (Å²) in [7, 11) is 0. The van der Waals surface area contributed by atoms with Gasteiger partial charge >= 0.3 is 6.18 Å². The van der Waals surface area contributed by atoms with Crippen molar-refractivity contribution in [2.75, 3.05) is 18.0 Å². The summed E-state index contributed by atoms with van der Waals surface area (Å²) >= 11 is 0. The molecule has 16 heavy (non-hydrogen) atoms. The summed E-state index contributed by atoms with van der Waals surface area (Å²) in [5.41, 5.74) is -0.937. The Bertz CT molecular complexity index is 341. The number of halogens is 3. The lowest BCUT2D eigenvalue weighted by atomic mass is 10.1. The summed E-state index contributed by atoms with van der Waals surface area (Å²) in [5, 5.41) is 6.83. The monoisotopic (exact) mass is 231 g/mol. The molecule has 6 heteroatoms. The van der Waals surface area contributed by atoms with Crippen molar-refractivity contribution in [3.8, 4) is 0 Å². The third-order valence-electron chi connectivity index (χ3n) is 2.62. The van der Waals surface area contributed by atoms with Crippen LogP contribution in [0.4, 0.5) is 19.0 Å². The topological polar surface area (TPSA) is 29.0 Å². The van der Waals surface area contributed by atoms with Gasteiger partial charge in [-0.25, -0.2) is 0 Å². The zero-order valence-electron chi connectivity index (χ0n) is 8.67. The molecule has 0 aliphatic carbocycles. The molecule has 1 aromatic heterocycles. The number of anilines is 1. The summed E-state index contributed by atoms with van der Waals surface area (Å²) in [6.45, 7) is 1.69. The zero-order chi connectivity index (χ0) is 11.6. The van der Waals surface area contributed by atoms with Crippen LogP contribution in [0.5, 0.6) is 0 Å². The van der Waals surface area contributed by atoms with E-state index in [0.717, 1.165) is 32.0 Å². The van der Waals surface area contributed by atoms with E-state index in [2.05, 4.69) is 10.2 Å². The minimum absolute atomic E-state index is 0.535. The van der Waals surface area contributed by atoms with Crippen molar-refractivity contribution in [1.29, 1.82) is 0 Å². The van der Waals surface area contributed by atoms with Crippen LogP contribution >= 0.6 is 0 Å². The second-order valence-electron chi connectivity index (χ2n) is 3.82. The normalized spacial score (nSPS) is 17.6. The van der Waals surface area contributed by atoms with E-state index in [9.17, 15) is 13.2 Å². The van der Waals surface area contributed by atoms with Gasteiger partial charge < -0.3 is 4.90 Å². The minimum Gasteiger partial charge on any atom is -0.355 e. The Morgan fingerprint density at radius 3 is 2.19 bits per heavy atom. The van der Waals surface area contributed by atoms with Crippen LogP contribution in [-0.2, 0) is 6.18 Å². The molecular formula is C10H12F3N3. The van der Waals surface area contributed by atoms with Gasteiger partial charge in [0.05, 0.1) is 0 Å². The Hall–Kier alpha value is -1.33. The number of piperidine rings is 1. The third-order valence-corrected chi connectivity index (χ3v) is 2.62. The van der Waals surface area contributed by atoms with Crippen molar-refractivity contribution in [1.82, 2.24) is 10.2 Å². The average molecular weight is 231 g/mol. The fourth-order valence-electron chi connectivity index (χ4n) is 1.77. The molecule has 0 radical (unpaired) electrons. The Kier molecular flexibility index (Phi) is 2.98. The molecule has 1 aromatic rings. The Balaban J connectivity index is 2.12. The van der Waals surface area contributed by atoms with E-state index in [1.807, 2.05) is 4.90 Å². The quantitative estimate of drug-likeness (QED) is 0.743. The van der Waals surface area contributed by atoms with Crippen LogP contribution < -0.4 is 4.90 Å². The summed E-state index contributed by atoms with van der Waals surface area (Å²) in [6, 6.07) is 2.37. The van der Waals surface area contributed by atoms with Crippen molar-refractivity contribution in [3.63, 3.8) is 0 Å². The first-order valence-corrected chi connectivity index (χ1v) is 5.23. The SMILES string of the molecule is FC(F)(F)c1ccc(N2CCCCC2)nn1. The van der Waals surface area contributed by atoms with E-state index in [-0.39, 0.29) is 0 Å². The van der Waals surface area contributed by atoms with Crippen molar-refractivity contribution >= 4 is 5.82 Å². The van der Waals surface area contributed by atoms with E-state index in [1.54, 1.807) is 0 Å². The summed E-state index contributed by atoms with van der Waals surface area (Å²) in [4.78, 5) is 1.97. The number of alkyl halides is 3. The second-order valence-corrected chi connectivity index (χ2v) is 3.82. The molecule has 1 aliphatic rings. The number of hydrogen-bond acceptors (Lipinski definition) is 3. The van der Waals surface area contributed by atoms with E-state index in [0.29, 0.717) is 5.82 Å². The van der Waals surface area contributed by atoms with Gasteiger partial charge in [0, 0.05) is 13.1 Å². The number of aromatic nitrogens is 2. The predicted molar refractivity (Wildman–Crippen MR) is 53.1 cm³/mol. The smallest absolute Gasteiger partial charge is 0.355 e. The molecule has 1 fully saturated rings. The first kappa shape index (κ1) is 11.2. The van der Waals surface area contributed by atoms with Crippen molar-refractivity contribution in [2.24, 2.45) is 0 Å². The second kappa shape index (κ2) is 4.27. The van der Waals surface area contributed by atoms with Gasteiger partial charge in [-0.3, -0.25) is 0 Å². The van der Waals surface area contributed by atoms with Crippen LogP contribution in [0, 0.1) is 0 Å². The lowest BCUT2D eigenvalue weighted by Crippen LogP contribution is -2.30. The van der Waals surface area contributed by atoms with Crippen LogP contribution in [0.1, 0.15) is 25.0 Å². The molecule has 0 saturated carbocycles. The van der Waals surface area contributed by atoms with E-state index in [1.165, 1.54) is 12.5 Å². The predicted octanol–water partition coefficient (Wildman–Crippen LogP) is 2.49. The van der Waals surface area contributed by atoms with E-state index >= 15 is 0 Å². The molecule has 0 bridgehead atoms. The Morgan fingerprint density at radius 2 is 1.69 bits per heavy atom. The summed E-state index contributed by atoms with van der Waals surface area (Å²) < 4.78 is 36.7. The Labute approximate surface area is 91.3 Å². The highest BCUT2D eigenvalue weighted by molar-refractivity contribution is 5.37. The summed E-state index contributed by atoms with van der Waals surface area (Å²) in [5.74, 6) is 0.535. The Morgan fingerprint density at radius 1 is 1.00 bits per heavy atom. The van der Waals surface area contributed by atoms with Gasteiger partial charge in [0.15, 0.2) is 11.5 Å². The maximum absolute atomic E-state index is 12.2. The van der Waals surface area contributed by atoms with Gasteiger partial charge in [-0.1, -0.05) is 0 Å². The van der Waals surface area contributed by atoms with Crippen molar-refractivity contribution in [3.05, 3.63) is 17.8 Å². The van der Waals surface area contributed by atoms with Crippen molar-refractivity contribution < 1.29 is 13.2 Å². The molecule has 0 unspecified atom stereocenters. The molecule has 2 rings (SSSR count). The highest BCUT2D eigenvalue weighted by atomic mass is 19.4. The fraction of sp³-hybridized carbons (Fsp3) is 0.600. The third kappa shape index (κ3) is 2.43. The van der Waals surface area contributed by atoms with Gasteiger partial charge in [-0.05, 0) is 31.4 Å². The van der Waals surface area contributed by atoms with Gasteiger partial charge in [-0.2, -0.15) is 13.2 Å². The van der Waals surface area contributed by atoms with Crippen LogP contribution in [0.3, 0.4) is 0 Å². The largest absolute Gasteiger partial charge is 0.435 e. The first-order chi connectivity index (χ1) is 7.57. The fourth-order valence-corrected chi connectivity index (χ4v) is 1.77. The zero-order valence-corrected chi connectivity index (χ0v) is 8.67. The maximum Gasteiger partial charge on any atom is 0.435 e. The number of nitrogens with zero attached hydrogens (tertiary/aromatic N) is 3. The molecule has 2 heterocycles. The van der Waals surface area contributed by atoms with Crippen LogP contribution in [0.2, 0.25) is 0 Å². The van der Waals surface area contributed by atoms with E-state index in [4.69, 9.17) is 0 Å². The summed E-state index contributed by atoms with van der Waals surface area (Å²) in [6.07, 6.45) is -1.12. The molecular weight excluding hydrogens is 219 g/mol. The molecule has 1 aliphatic heterocycles. The lowest BCUT2D eigenvalue weighted by molar-refractivity contribution is -0.141. The number of rotatable bonds is 1. The first-order valence-electron chi connectivity index (χ1n) is 5.23. The molecule has 0 amide bonds. The van der Waals surface area contributed by atoms with Gasteiger partial charge in [0.25, 0.3) is 0 Å². The molecule has 0 N–H and O–H groups in total. The van der Waals surface area contributed by atoms with Crippen LogP contribution in [0.15, 0.2) is 12.1 Å². The molecule has 88 valence electrons. The van der Waals surface area contributed by atoms with Gasteiger partial charge in [-0.15, -0.1) is 10.2 Å². The van der Waals surface area contributed by atoms with Crippen LogP contribution in [-0.4, -0.2) is 23.3 Å². The van der Waals surface area contributed by atoms with Gasteiger partial charge in [0.2, 0.25) is 0 Å².